The fourth-order valence-corrected chi connectivity index (χ4v) is 3.61. The largest absolute Gasteiger partial charge is 0.416 e. The third-order valence-corrected chi connectivity index (χ3v) is 5.26. The van der Waals surface area contributed by atoms with E-state index in [1.165, 1.54) is 12.3 Å². The van der Waals surface area contributed by atoms with E-state index in [0.29, 0.717) is 29.7 Å². The molecule has 0 bridgehead atoms. The Morgan fingerprint density at radius 2 is 2.03 bits per heavy atom. The lowest BCUT2D eigenvalue weighted by atomic mass is 10.1. The number of halogens is 3. The molecule has 1 aliphatic heterocycles. The minimum absolute atomic E-state index is 0.0756. The van der Waals surface area contributed by atoms with E-state index in [0.717, 1.165) is 37.1 Å². The first-order chi connectivity index (χ1) is 14.9. The van der Waals surface area contributed by atoms with Crippen LogP contribution in [0.4, 0.5) is 18.9 Å². The van der Waals surface area contributed by atoms with Crippen molar-refractivity contribution >= 4 is 22.5 Å². The standard InChI is InChI=1S/C23H22F3N3O2/c24-23(25,26)17-6-7-19-20(8-9-27-21(19)12-17)28-13-15-3-1-4-16(11-15)22(30)29-14-18-5-2-10-31-18/h1,3-4,6-9,11-12,18H,2,5,10,13-14H2,(H,27,28)(H,29,30). The molecule has 3 aromatic rings. The fourth-order valence-electron chi connectivity index (χ4n) is 3.61. The molecule has 2 aromatic carbocycles. The van der Waals surface area contributed by atoms with E-state index in [2.05, 4.69) is 15.6 Å². The number of aromatic nitrogens is 1. The van der Waals surface area contributed by atoms with Crippen molar-refractivity contribution in [1.82, 2.24) is 10.3 Å². The summed E-state index contributed by atoms with van der Waals surface area (Å²) in [4.78, 5) is 16.5. The summed E-state index contributed by atoms with van der Waals surface area (Å²) in [5, 5.41) is 6.73. The molecule has 0 radical (unpaired) electrons. The predicted octanol–water partition coefficient (Wildman–Crippen LogP) is 4.77. The van der Waals surface area contributed by atoms with Gasteiger partial charge in [-0.15, -0.1) is 0 Å². The quantitative estimate of drug-likeness (QED) is 0.592. The highest BCUT2D eigenvalue weighted by Gasteiger charge is 2.30. The van der Waals surface area contributed by atoms with Gasteiger partial charge in [0.05, 0.1) is 17.2 Å². The zero-order valence-electron chi connectivity index (χ0n) is 16.7. The van der Waals surface area contributed by atoms with Crippen LogP contribution in [-0.2, 0) is 17.5 Å². The number of benzene rings is 2. The second-order valence-electron chi connectivity index (χ2n) is 7.49. The predicted molar refractivity (Wildman–Crippen MR) is 112 cm³/mol. The molecule has 5 nitrogen and oxygen atoms in total. The monoisotopic (exact) mass is 429 g/mol. The SMILES string of the molecule is O=C(NCC1CCCO1)c1cccc(CNc2ccnc3cc(C(F)(F)F)ccc23)c1. The van der Waals surface area contributed by atoms with E-state index in [4.69, 9.17) is 4.74 Å². The number of amides is 1. The molecule has 2 heterocycles. The van der Waals surface area contributed by atoms with Crippen molar-refractivity contribution in [1.29, 1.82) is 0 Å². The highest BCUT2D eigenvalue weighted by Crippen LogP contribution is 2.32. The lowest BCUT2D eigenvalue weighted by molar-refractivity contribution is -0.137. The Labute approximate surface area is 177 Å². The molecule has 1 aliphatic rings. The molecule has 4 rings (SSSR count). The van der Waals surface area contributed by atoms with Crippen molar-refractivity contribution in [3.05, 3.63) is 71.4 Å². The van der Waals surface area contributed by atoms with Gasteiger partial charge in [0.1, 0.15) is 0 Å². The number of nitrogens with one attached hydrogen (secondary N) is 2. The Kier molecular flexibility index (Phi) is 6.08. The number of alkyl halides is 3. The topological polar surface area (TPSA) is 63.2 Å². The molecule has 162 valence electrons. The number of hydrogen-bond donors (Lipinski definition) is 2. The molecule has 1 atom stereocenters. The van der Waals surface area contributed by atoms with Crippen molar-refractivity contribution in [2.75, 3.05) is 18.5 Å². The van der Waals surface area contributed by atoms with Gasteiger partial charge < -0.3 is 15.4 Å². The molecule has 1 aromatic heterocycles. The first-order valence-corrected chi connectivity index (χ1v) is 10.1. The van der Waals surface area contributed by atoms with Gasteiger partial charge in [-0.2, -0.15) is 13.2 Å². The van der Waals surface area contributed by atoms with Gasteiger partial charge in [0.2, 0.25) is 0 Å². The molecule has 31 heavy (non-hydrogen) atoms. The van der Waals surface area contributed by atoms with Gasteiger partial charge in [0.25, 0.3) is 5.91 Å². The van der Waals surface area contributed by atoms with Crippen LogP contribution in [0.5, 0.6) is 0 Å². The normalized spacial score (nSPS) is 16.4. The number of ether oxygens (including phenoxy) is 1. The van der Waals surface area contributed by atoms with Crippen LogP contribution in [0.2, 0.25) is 0 Å². The molecule has 1 fully saturated rings. The Balaban J connectivity index is 1.43. The summed E-state index contributed by atoms with van der Waals surface area (Å²) in [6, 6.07) is 12.5. The summed E-state index contributed by atoms with van der Waals surface area (Å²) < 4.78 is 44.4. The molecule has 1 unspecified atom stereocenters. The number of nitrogens with zero attached hydrogens (tertiary/aromatic N) is 1. The van der Waals surface area contributed by atoms with E-state index in [-0.39, 0.29) is 17.5 Å². The third-order valence-electron chi connectivity index (χ3n) is 5.26. The van der Waals surface area contributed by atoms with Gasteiger partial charge in [-0.3, -0.25) is 9.78 Å². The maximum atomic E-state index is 12.9. The van der Waals surface area contributed by atoms with Gasteiger partial charge in [-0.25, -0.2) is 0 Å². The Hall–Kier alpha value is -3.13. The second kappa shape index (κ2) is 8.93. The summed E-state index contributed by atoms with van der Waals surface area (Å²) in [6.45, 7) is 1.64. The van der Waals surface area contributed by atoms with Gasteiger partial charge in [0, 0.05) is 42.5 Å². The van der Waals surface area contributed by atoms with Crippen molar-refractivity contribution < 1.29 is 22.7 Å². The van der Waals surface area contributed by atoms with Crippen LogP contribution < -0.4 is 10.6 Å². The third kappa shape index (κ3) is 5.14. The lowest BCUT2D eigenvalue weighted by Crippen LogP contribution is -2.31. The minimum atomic E-state index is -4.41. The van der Waals surface area contributed by atoms with Gasteiger partial charge >= 0.3 is 6.18 Å². The van der Waals surface area contributed by atoms with Crippen LogP contribution in [0.15, 0.2) is 54.7 Å². The van der Waals surface area contributed by atoms with Crippen molar-refractivity contribution in [2.45, 2.75) is 31.7 Å². The summed E-state index contributed by atoms with van der Waals surface area (Å²) in [5.41, 5.74) is 1.63. The van der Waals surface area contributed by atoms with Crippen LogP contribution in [0, 0.1) is 0 Å². The second-order valence-corrected chi connectivity index (χ2v) is 7.49. The Bertz CT molecular complexity index is 1080. The maximum Gasteiger partial charge on any atom is 0.416 e. The molecular weight excluding hydrogens is 407 g/mol. The average molecular weight is 429 g/mol. The molecule has 0 aliphatic carbocycles. The lowest BCUT2D eigenvalue weighted by Gasteiger charge is -2.13. The first kappa shape index (κ1) is 21.1. The number of carbonyl (C=O) groups excluding carboxylic acids is 1. The number of carbonyl (C=O) groups is 1. The summed E-state index contributed by atoms with van der Waals surface area (Å²) in [7, 11) is 0. The minimum Gasteiger partial charge on any atom is -0.380 e. The van der Waals surface area contributed by atoms with E-state index in [1.54, 1.807) is 24.3 Å². The van der Waals surface area contributed by atoms with Gasteiger partial charge in [0.15, 0.2) is 0 Å². The summed E-state index contributed by atoms with van der Waals surface area (Å²) in [6.07, 6.45) is -0.895. The van der Waals surface area contributed by atoms with E-state index in [9.17, 15) is 18.0 Å². The van der Waals surface area contributed by atoms with Gasteiger partial charge in [-0.05, 0) is 48.7 Å². The maximum absolute atomic E-state index is 12.9. The number of hydrogen-bond acceptors (Lipinski definition) is 4. The molecule has 1 amide bonds. The van der Waals surface area contributed by atoms with Crippen molar-refractivity contribution in [2.24, 2.45) is 0 Å². The van der Waals surface area contributed by atoms with Crippen LogP contribution in [0.3, 0.4) is 0 Å². The van der Waals surface area contributed by atoms with E-state index < -0.39 is 11.7 Å². The molecule has 0 saturated carbocycles. The Morgan fingerprint density at radius 3 is 2.81 bits per heavy atom. The van der Waals surface area contributed by atoms with Crippen LogP contribution >= 0.6 is 0 Å². The van der Waals surface area contributed by atoms with E-state index >= 15 is 0 Å². The highest BCUT2D eigenvalue weighted by atomic mass is 19.4. The zero-order valence-corrected chi connectivity index (χ0v) is 16.7. The molecule has 2 N–H and O–H groups in total. The van der Waals surface area contributed by atoms with Crippen LogP contribution in [0.1, 0.15) is 34.3 Å². The zero-order chi connectivity index (χ0) is 21.8. The number of fused-ring (bicyclic) bond motifs is 1. The van der Waals surface area contributed by atoms with Gasteiger partial charge in [-0.1, -0.05) is 18.2 Å². The number of anilines is 1. The molecule has 8 heteroatoms. The fraction of sp³-hybridized carbons (Fsp3) is 0.304. The summed E-state index contributed by atoms with van der Waals surface area (Å²) in [5.74, 6) is -0.161. The summed E-state index contributed by atoms with van der Waals surface area (Å²) >= 11 is 0. The average Bonchev–Trinajstić information content (AvgIpc) is 3.29. The highest BCUT2D eigenvalue weighted by molar-refractivity contribution is 5.94. The van der Waals surface area contributed by atoms with Crippen LogP contribution in [-0.4, -0.2) is 30.1 Å². The Morgan fingerprint density at radius 1 is 1.16 bits per heavy atom. The van der Waals surface area contributed by atoms with E-state index in [1.807, 2.05) is 6.07 Å². The smallest absolute Gasteiger partial charge is 0.380 e. The molecule has 1 saturated heterocycles. The molecule has 0 spiro atoms. The first-order valence-electron chi connectivity index (χ1n) is 10.1. The van der Waals surface area contributed by atoms with Crippen molar-refractivity contribution in [3.8, 4) is 0 Å². The molecular formula is C23H22F3N3O2. The van der Waals surface area contributed by atoms with Crippen molar-refractivity contribution in [3.63, 3.8) is 0 Å². The van der Waals surface area contributed by atoms with Crippen LogP contribution in [0.25, 0.3) is 10.9 Å². The number of rotatable bonds is 6. The number of pyridine rings is 1.